The molecular formula is C17H38N8O7. The molecule has 15 nitrogen and oxygen atoms in total. The van der Waals surface area contributed by atoms with Crippen LogP contribution in [0, 0.1) is 0 Å². The van der Waals surface area contributed by atoms with Crippen LogP contribution in [0.4, 0.5) is 0 Å². The molecule has 0 aliphatic rings. The number of guanidine groups is 1. The Balaban J connectivity index is 4.61. The number of aliphatic imine (C=N–C) groups is 1. The molecule has 0 fully saturated rings. The third-order valence-electron chi connectivity index (χ3n) is 4.24. The van der Waals surface area contributed by atoms with Crippen molar-refractivity contribution in [2.24, 2.45) is 39.4 Å². The maximum absolute atomic E-state index is 12.2. The summed E-state index contributed by atoms with van der Waals surface area (Å²) >= 11 is 0. The lowest BCUT2D eigenvalue weighted by atomic mass is 10.1. The van der Waals surface area contributed by atoms with Crippen LogP contribution >= 0.6 is 0 Å². The highest BCUT2D eigenvalue weighted by Gasteiger charge is 2.33. The molecule has 0 aromatic heterocycles. The number of ether oxygens (including phenoxy) is 2. The molecule has 5 unspecified atom stereocenters. The second kappa shape index (κ2) is 16.5. The Kier molecular flexibility index (Phi) is 15.4. The fourth-order valence-corrected chi connectivity index (χ4v) is 2.45. The van der Waals surface area contributed by atoms with E-state index in [4.69, 9.17) is 43.9 Å². The van der Waals surface area contributed by atoms with E-state index in [9.17, 15) is 24.9 Å². The molecule has 0 saturated heterocycles. The number of hydrogen-bond donors (Lipinski definition) is 10. The van der Waals surface area contributed by atoms with Crippen molar-refractivity contribution in [1.82, 2.24) is 5.32 Å². The summed E-state index contributed by atoms with van der Waals surface area (Å²) in [5.74, 6) is -1.82. The maximum Gasteiger partial charge on any atom is 0.323 e. The van der Waals surface area contributed by atoms with E-state index >= 15 is 0 Å². The summed E-state index contributed by atoms with van der Waals surface area (Å²) in [4.78, 5) is 27.9. The minimum atomic E-state index is -1.64. The third-order valence-corrected chi connectivity index (χ3v) is 4.24. The molecule has 0 aliphatic heterocycles. The Morgan fingerprint density at radius 1 is 0.938 bits per heavy atom. The van der Waals surface area contributed by atoms with Gasteiger partial charge < -0.3 is 59.2 Å². The van der Waals surface area contributed by atoms with Gasteiger partial charge in [-0.25, -0.2) is 0 Å². The van der Waals surface area contributed by atoms with Gasteiger partial charge in [0.2, 0.25) is 0 Å². The Bertz CT molecular complexity index is 577. The van der Waals surface area contributed by atoms with Crippen molar-refractivity contribution in [1.29, 1.82) is 0 Å². The fraction of sp³-hybridized carbons (Fsp3) is 0.824. The van der Waals surface area contributed by atoms with Crippen molar-refractivity contribution in [2.75, 3.05) is 26.3 Å². The van der Waals surface area contributed by atoms with Crippen LogP contribution in [-0.2, 0) is 19.1 Å². The van der Waals surface area contributed by atoms with E-state index in [1.54, 1.807) is 0 Å². The van der Waals surface area contributed by atoms with Crippen LogP contribution in [0.15, 0.2) is 4.99 Å². The number of carbonyl (C=O) groups excluding carboxylic acids is 2. The first-order valence-electron chi connectivity index (χ1n) is 10.1. The van der Waals surface area contributed by atoms with Gasteiger partial charge in [0.25, 0.3) is 0 Å². The van der Waals surface area contributed by atoms with Gasteiger partial charge in [0, 0.05) is 6.54 Å². The molecule has 0 rings (SSSR count). The van der Waals surface area contributed by atoms with Crippen molar-refractivity contribution < 1.29 is 34.4 Å². The number of nitrogens with one attached hydrogen (secondary N) is 1. The molecule has 0 heterocycles. The van der Waals surface area contributed by atoms with Gasteiger partial charge in [0.1, 0.15) is 37.2 Å². The molecule has 0 saturated carbocycles. The van der Waals surface area contributed by atoms with Crippen LogP contribution in [0.1, 0.15) is 25.7 Å². The minimum Gasteiger partial charge on any atom is -0.462 e. The van der Waals surface area contributed by atoms with Gasteiger partial charge in [-0.1, -0.05) is 0 Å². The first kappa shape index (κ1) is 29.9. The van der Waals surface area contributed by atoms with Crippen LogP contribution in [-0.4, -0.2) is 96.2 Å². The van der Waals surface area contributed by atoms with Crippen LogP contribution < -0.4 is 39.7 Å². The molecule has 188 valence electrons. The smallest absolute Gasteiger partial charge is 0.323 e. The van der Waals surface area contributed by atoms with Gasteiger partial charge in [-0.2, -0.15) is 0 Å². The summed E-state index contributed by atoms with van der Waals surface area (Å²) in [6.45, 7) is -0.766. The second-order valence-electron chi connectivity index (χ2n) is 7.13. The van der Waals surface area contributed by atoms with E-state index in [1.807, 2.05) is 0 Å². The van der Waals surface area contributed by atoms with Crippen LogP contribution in [0.3, 0.4) is 0 Å². The normalized spacial score (nSPS) is 16.0. The van der Waals surface area contributed by atoms with Crippen molar-refractivity contribution in [3.05, 3.63) is 0 Å². The van der Waals surface area contributed by atoms with Gasteiger partial charge >= 0.3 is 11.9 Å². The van der Waals surface area contributed by atoms with Gasteiger partial charge in [0.05, 0.1) is 6.61 Å². The van der Waals surface area contributed by atoms with E-state index in [-0.39, 0.29) is 25.3 Å². The fourth-order valence-electron chi connectivity index (χ4n) is 2.45. The van der Waals surface area contributed by atoms with Gasteiger partial charge in [-0.3, -0.25) is 19.9 Å². The molecule has 0 radical (unpaired) electrons. The van der Waals surface area contributed by atoms with Crippen molar-refractivity contribution in [2.45, 2.75) is 62.4 Å². The van der Waals surface area contributed by atoms with Crippen LogP contribution in [0.25, 0.3) is 0 Å². The van der Waals surface area contributed by atoms with Crippen molar-refractivity contribution >= 4 is 17.9 Å². The standard InChI is InChI=1S/C17H38N8O7/c18-9(3-1-5-24-16(20)21)14(29)31-8-12(28)13(11(27)7-26)32-15(30)10(19)4-2-6-25-17(22)23/h9-13,17,25-28H,1-8,18-19,22-23H2,(H4,20,21,24). The molecule has 0 amide bonds. The highest BCUT2D eigenvalue weighted by Crippen LogP contribution is 2.10. The lowest BCUT2D eigenvalue weighted by Gasteiger charge is -2.27. The second-order valence-corrected chi connectivity index (χ2v) is 7.13. The number of hydrogen-bond acceptors (Lipinski definition) is 13. The zero-order valence-electron chi connectivity index (χ0n) is 18.0. The van der Waals surface area contributed by atoms with E-state index < -0.39 is 61.8 Å². The molecule has 15 heteroatoms. The predicted molar refractivity (Wildman–Crippen MR) is 115 cm³/mol. The average molecular weight is 467 g/mol. The Morgan fingerprint density at radius 3 is 2.09 bits per heavy atom. The topological polar surface area (TPSA) is 294 Å². The van der Waals surface area contributed by atoms with Gasteiger partial charge in [0.15, 0.2) is 12.1 Å². The molecule has 0 bridgehead atoms. The Hall–Kier alpha value is -2.11. The Morgan fingerprint density at radius 2 is 1.53 bits per heavy atom. The maximum atomic E-state index is 12.2. The number of carbonyl (C=O) groups is 2. The number of rotatable bonds is 17. The zero-order valence-corrected chi connectivity index (χ0v) is 18.0. The lowest BCUT2D eigenvalue weighted by molar-refractivity contribution is -0.175. The van der Waals surface area contributed by atoms with Crippen LogP contribution in [0.2, 0.25) is 0 Å². The molecular weight excluding hydrogens is 428 g/mol. The SMILES string of the molecule is NC(N)=NCCCC(N)C(=O)OCC(O)C(OC(=O)C(N)CCCNC(N)N)C(O)CO. The lowest BCUT2D eigenvalue weighted by Crippen LogP contribution is -2.49. The van der Waals surface area contributed by atoms with E-state index in [0.717, 1.165) is 0 Å². The van der Waals surface area contributed by atoms with Gasteiger partial charge in [-0.15, -0.1) is 0 Å². The average Bonchev–Trinajstić information content (AvgIpc) is 2.74. The number of aliphatic hydroxyl groups is 3. The number of esters is 2. The number of nitrogens with zero attached hydrogens (tertiary/aromatic N) is 1. The molecule has 5 atom stereocenters. The highest BCUT2D eigenvalue weighted by atomic mass is 16.6. The summed E-state index contributed by atoms with van der Waals surface area (Å²) in [6, 6.07) is -2.06. The van der Waals surface area contributed by atoms with Crippen molar-refractivity contribution in [3.8, 4) is 0 Å². The van der Waals surface area contributed by atoms with E-state index in [2.05, 4.69) is 10.3 Å². The summed E-state index contributed by atoms with van der Waals surface area (Å²) in [5.41, 5.74) is 32.5. The molecule has 0 aliphatic carbocycles. The minimum absolute atomic E-state index is 0.0801. The zero-order chi connectivity index (χ0) is 24.7. The first-order chi connectivity index (χ1) is 15.0. The quantitative estimate of drug-likeness (QED) is 0.0314. The summed E-state index contributed by atoms with van der Waals surface area (Å²) in [7, 11) is 0. The first-order valence-corrected chi connectivity index (χ1v) is 10.1. The molecule has 32 heavy (non-hydrogen) atoms. The van der Waals surface area contributed by atoms with Gasteiger partial charge in [-0.05, 0) is 32.2 Å². The summed E-state index contributed by atoms with van der Waals surface area (Å²) in [5, 5.41) is 32.1. The summed E-state index contributed by atoms with van der Waals surface area (Å²) in [6.07, 6.45) is -4.25. The number of aliphatic hydroxyl groups excluding tert-OH is 3. The number of nitrogens with two attached hydrogens (primary N) is 6. The van der Waals surface area contributed by atoms with Crippen LogP contribution in [0.5, 0.6) is 0 Å². The monoisotopic (exact) mass is 466 g/mol. The molecule has 0 aromatic rings. The molecule has 16 N–H and O–H groups in total. The summed E-state index contributed by atoms with van der Waals surface area (Å²) < 4.78 is 9.96. The van der Waals surface area contributed by atoms with Crippen molar-refractivity contribution in [3.63, 3.8) is 0 Å². The largest absolute Gasteiger partial charge is 0.462 e. The van der Waals surface area contributed by atoms with E-state index in [0.29, 0.717) is 19.4 Å². The molecule has 0 aromatic carbocycles. The van der Waals surface area contributed by atoms with E-state index in [1.165, 1.54) is 0 Å². The Labute approximate surface area is 186 Å². The highest BCUT2D eigenvalue weighted by molar-refractivity contribution is 5.76. The molecule has 0 spiro atoms. The predicted octanol–water partition coefficient (Wildman–Crippen LogP) is -5.57. The third kappa shape index (κ3) is 13.3.